The third-order valence-corrected chi connectivity index (χ3v) is 4.30. The number of carbonyl (C=O) groups is 1. The topological polar surface area (TPSA) is 73.4 Å². The number of hydrogen-bond acceptors (Lipinski definition) is 6. The molecule has 0 aromatic carbocycles. The van der Waals surface area contributed by atoms with Crippen molar-refractivity contribution >= 4 is 11.9 Å². The first kappa shape index (κ1) is 14.2. The van der Waals surface area contributed by atoms with Crippen molar-refractivity contribution in [3.05, 3.63) is 18.5 Å². The maximum atomic E-state index is 12.4. The summed E-state index contributed by atoms with van der Waals surface area (Å²) in [7, 11) is 3.62. The number of amides is 1. The molecular formula is C14H22N6O. The zero-order valence-electron chi connectivity index (χ0n) is 12.5. The van der Waals surface area contributed by atoms with Gasteiger partial charge < -0.3 is 9.80 Å². The van der Waals surface area contributed by atoms with Crippen LogP contribution in [0.4, 0.5) is 5.95 Å². The van der Waals surface area contributed by atoms with Gasteiger partial charge in [-0.25, -0.2) is 9.97 Å². The molecule has 1 aromatic rings. The summed E-state index contributed by atoms with van der Waals surface area (Å²) >= 11 is 0. The lowest BCUT2D eigenvalue weighted by Gasteiger charge is -2.32. The molecule has 1 aromatic heterocycles. The Labute approximate surface area is 124 Å². The molecule has 3 heterocycles. The monoisotopic (exact) mass is 290 g/mol. The van der Waals surface area contributed by atoms with E-state index >= 15 is 0 Å². The van der Waals surface area contributed by atoms with Crippen molar-refractivity contribution in [3.8, 4) is 0 Å². The van der Waals surface area contributed by atoms with Crippen LogP contribution >= 0.6 is 0 Å². The standard InChI is InChI=1S/C14H22N6O/c1-19(2)13(21)10-9-17-18-12(10)11-5-3-8-20(11)14-15-6-4-7-16-14/h4,6-7,10-12,17-18H,3,5,8-9H2,1-2H3. The van der Waals surface area contributed by atoms with Gasteiger partial charge in [0, 0.05) is 45.6 Å². The van der Waals surface area contributed by atoms with E-state index in [2.05, 4.69) is 25.7 Å². The second-order valence-corrected chi connectivity index (χ2v) is 5.84. The molecular weight excluding hydrogens is 268 g/mol. The molecule has 3 atom stereocenters. The Morgan fingerprint density at radius 3 is 2.86 bits per heavy atom. The van der Waals surface area contributed by atoms with Gasteiger partial charge in [-0.05, 0) is 18.9 Å². The van der Waals surface area contributed by atoms with E-state index in [1.165, 1.54) is 0 Å². The number of carbonyl (C=O) groups excluding carboxylic acids is 1. The maximum Gasteiger partial charge on any atom is 0.228 e. The van der Waals surface area contributed by atoms with Gasteiger partial charge in [0.25, 0.3) is 0 Å². The Bertz CT molecular complexity index is 493. The van der Waals surface area contributed by atoms with E-state index in [-0.39, 0.29) is 23.9 Å². The van der Waals surface area contributed by atoms with Crippen LogP contribution in [0, 0.1) is 5.92 Å². The summed E-state index contributed by atoms with van der Waals surface area (Å²) in [5, 5.41) is 0. The molecule has 0 saturated carbocycles. The van der Waals surface area contributed by atoms with Gasteiger partial charge in [0.1, 0.15) is 0 Å². The van der Waals surface area contributed by atoms with E-state index in [9.17, 15) is 4.79 Å². The lowest BCUT2D eigenvalue weighted by molar-refractivity contribution is -0.132. The van der Waals surface area contributed by atoms with Gasteiger partial charge in [-0.1, -0.05) is 0 Å². The third-order valence-electron chi connectivity index (χ3n) is 4.30. The summed E-state index contributed by atoms with van der Waals surface area (Å²) in [6.07, 6.45) is 5.68. The fraction of sp³-hybridized carbons (Fsp3) is 0.643. The quantitative estimate of drug-likeness (QED) is 0.791. The number of anilines is 1. The number of nitrogens with zero attached hydrogens (tertiary/aromatic N) is 4. The van der Waals surface area contributed by atoms with Crippen LogP contribution in [0.25, 0.3) is 0 Å². The number of hydrazine groups is 1. The largest absolute Gasteiger partial charge is 0.348 e. The average Bonchev–Trinajstić information content (AvgIpc) is 3.15. The molecule has 21 heavy (non-hydrogen) atoms. The van der Waals surface area contributed by atoms with Crippen LogP contribution in [0.1, 0.15) is 12.8 Å². The molecule has 2 saturated heterocycles. The summed E-state index contributed by atoms with van der Waals surface area (Å²) in [5.41, 5.74) is 6.43. The van der Waals surface area contributed by atoms with Crippen LogP contribution < -0.4 is 15.8 Å². The van der Waals surface area contributed by atoms with Crippen molar-refractivity contribution in [2.75, 3.05) is 32.1 Å². The molecule has 0 spiro atoms. The second-order valence-electron chi connectivity index (χ2n) is 5.84. The van der Waals surface area contributed by atoms with Crippen molar-refractivity contribution in [2.24, 2.45) is 5.92 Å². The minimum Gasteiger partial charge on any atom is -0.348 e. The fourth-order valence-electron chi connectivity index (χ4n) is 3.30. The molecule has 2 aliphatic rings. The van der Waals surface area contributed by atoms with E-state index in [0.717, 1.165) is 25.3 Å². The van der Waals surface area contributed by atoms with E-state index in [1.807, 2.05) is 20.2 Å². The van der Waals surface area contributed by atoms with Gasteiger partial charge in [-0.3, -0.25) is 15.6 Å². The second kappa shape index (κ2) is 5.95. The molecule has 3 rings (SSSR count). The van der Waals surface area contributed by atoms with Gasteiger partial charge in [0.15, 0.2) is 0 Å². The number of aromatic nitrogens is 2. The SMILES string of the molecule is CN(C)C(=O)C1CNNC1C1CCCN1c1ncccn1. The normalized spacial score (nSPS) is 28.9. The van der Waals surface area contributed by atoms with Crippen molar-refractivity contribution in [3.63, 3.8) is 0 Å². The predicted molar refractivity (Wildman–Crippen MR) is 79.5 cm³/mol. The molecule has 7 heteroatoms. The summed E-state index contributed by atoms with van der Waals surface area (Å²) in [6.45, 7) is 1.61. The minimum atomic E-state index is -0.0469. The Morgan fingerprint density at radius 1 is 1.38 bits per heavy atom. The van der Waals surface area contributed by atoms with Gasteiger partial charge in [-0.15, -0.1) is 0 Å². The first-order chi connectivity index (χ1) is 10.2. The molecule has 0 radical (unpaired) electrons. The molecule has 0 bridgehead atoms. The van der Waals surface area contributed by atoms with Crippen LogP contribution in [0.2, 0.25) is 0 Å². The highest BCUT2D eigenvalue weighted by Crippen LogP contribution is 2.28. The predicted octanol–water partition coefficient (Wildman–Crippen LogP) is -0.374. The highest BCUT2D eigenvalue weighted by atomic mass is 16.2. The average molecular weight is 290 g/mol. The van der Waals surface area contributed by atoms with E-state index < -0.39 is 0 Å². The first-order valence-corrected chi connectivity index (χ1v) is 7.41. The molecule has 1 amide bonds. The Kier molecular flexibility index (Phi) is 4.03. The summed E-state index contributed by atoms with van der Waals surface area (Å²) in [6, 6.07) is 2.16. The van der Waals surface area contributed by atoms with Gasteiger partial charge in [0.2, 0.25) is 11.9 Å². The Morgan fingerprint density at radius 2 is 2.14 bits per heavy atom. The highest BCUT2D eigenvalue weighted by molar-refractivity contribution is 5.80. The number of nitrogens with one attached hydrogen (secondary N) is 2. The molecule has 114 valence electrons. The van der Waals surface area contributed by atoms with Crippen LogP contribution in [-0.2, 0) is 4.79 Å². The van der Waals surface area contributed by atoms with Crippen molar-refractivity contribution in [1.29, 1.82) is 0 Å². The van der Waals surface area contributed by atoms with Crippen LogP contribution in [-0.4, -0.2) is 60.0 Å². The summed E-state index contributed by atoms with van der Waals surface area (Å²) in [5.74, 6) is 0.873. The molecule has 7 nitrogen and oxygen atoms in total. The number of hydrogen-bond donors (Lipinski definition) is 2. The molecule has 2 fully saturated rings. The van der Waals surface area contributed by atoms with Crippen LogP contribution in [0.5, 0.6) is 0 Å². The van der Waals surface area contributed by atoms with E-state index in [4.69, 9.17) is 0 Å². The Balaban J connectivity index is 1.80. The Hall–Kier alpha value is -1.73. The molecule has 0 aliphatic carbocycles. The summed E-state index contributed by atoms with van der Waals surface area (Å²) in [4.78, 5) is 25.0. The van der Waals surface area contributed by atoms with Gasteiger partial charge >= 0.3 is 0 Å². The lowest BCUT2D eigenvalue weighted by atomic mass is 9.92. The lowest BCUT2D eigenvalue weighted by Crippen LogP contribution is -2.51. The third kappa shape index (κ3) is 2.71. The van der Waals surface area contributed by atoms with Crippen LogP contribution in [0.3, 0.4) is 0 Å². The van der Waals surface area contributed by atoms with Gasteiger partial charge in [-0.2, -0.15) is 0 Å². The zero-order valence-corrected chi connectivity index (χ0v) is 12.5. The van der Waals surface area contributed by atoms with E-state index in [0.29, 0.717) is 6.54 Å². The molecule has 2 N–H and O–H groups in total. The molecule has 2 aliphatic heterocycles. The maximum absolute atomic E-state index is 12.4. The van der Waals surface area contributed by atoms with Crippen molar-refractivity contribution in [2.45, 2.75) is 24.9 Å². The first-order valence-electron chi connectivity index (χ1n) is 7.41. The van der Waals surface area contributed by atoms with Crippen LogP contribution in [0.15, 0.2) is 18.5 Å². The summed E-state index contributed by atoms with van der Waals surface area (Å²) < 4.78 is 0. The smallest absolute Gasteiger partial charge is 0.228 e. The van der Waals surface area contributed by atoms with Crippen molar-refractivity contribution < 1.29 is 4.79 Å². The van der Waals surface area contributed by atoms with E-state index in [1.54, 1.807) is 17.3 Å². The molecule has 3 unspecified atom stereocenters. The fourth-order valence-corrected chi connectivity index (χ4v) is 3.30. The number of rotatable bonds is 3. The highest BCUT2D eigenvalue weighted by Gasteiger charge is 2.43. The zero-order chi connectivity index (χ0) is 14.8. The van der Waals surface area contributed by atoms with Crippen molar-refractivity contribution in [1.82, 2.24) is 25.7 Å². The minimum absolute atomic E-state index is 0.0469. The van der Waals surface area contributed by atoms with Gasteiger partial charge in [0.05, 0.1) is 12.0 Å².